The average molecular weight is 576 g/mol. The van der Waals surface area contributed by atoms with E-state index in [1.807, 2.05) is 37.3 Å². The molecule has 0 unspecified atom stereocenters. The SMILES string of the molecule is CCOc1cc(/C=C(/C#N)c2cccc([N+](=O)[O-])c2)cc(I)c1OCc1ccc2ccccc2c1. The summed E-state index contributed by atoms with van der Waals surface area (Å²) in [6.45, 7) is 2.73. The second-order valence-corrected chi connectivity index (χ2v) is 8.87. The largest absolute Gasteiger partial charge is 0.490 e. The molecular weight excluding hydrogens is 555 g/mol. The normalized spacial score (nSPS) is 11.2. The molecule has 6 nitrogen and oxygen atoms in total. The van der Waals surface area contributed by atoms with Gasteiger partial charge < -0.3 is 9.47 Å². The zero-order valence-electron chi connectivity index (χ0n) is 18.9. The Kier molecular flexibility index (Phi) is 7.63. The van der Waals surface area contributed by atoms with Crippen molar-refractivity contribution in [1.82, 2.24) is 0 Å². The molecule has 35 heavy (non-hydrogen) atoms. The summed E-state index contributed by atoms with van der Waals surface area (Å²) >= 11 is 2.19. The van der Waals surface area contributed by atoms with Crippen molar-refractivity contribution in [3.8, 4) is 17.6 Å². The van der Waals surface area contributed by atoms with E-state index in [-0.39, 0.29) is 5.69 Å². The van der Waals surface area contributed by atoms with Crippen LogP contribution in [0.5, 0.6) is 11.5 Å². The van der Waals surface area contributed by atoms with Gasteiger partial charge in [-0.25, -0.2) is 0 Å². The summed E-state index contributed by atoms with van der Waals surface area (Å²) in [5, 5.41) is 23.2. The molecule has 0 amide bonds. The molecule has 4 rings (SSSR count). The Morgan fingerprint density at radius 3 is 2.57 bits per heavy atom. The first kappa shape index (κ1) is 24.2. The Balaban J connectivity index is 1.63. The minimum absolute atomic E-state index is 0.0642. The van der Waals surface area contributed by atoms with E-state index in [0.29, 0.717) is 35.8 Å². The fourth-order valence-corrected chi connectivity index (χ4v) is 4.47. The van der Waals surface area contributed by atoms with E-state index in [1.165, 1.54) is 17.5 Å². The van der Waals surface area contributed by atoms with Gasteiger partial charge in [0.2, 0.25) is 0 Å². The minimum atomic E-state index is -0.476. The van der Waals surface area contributed by atoms with Crippen LogP contribution < -0.4 is 9.47 Å². The fourth-order valence-electron chi connectivity index (χ4n) is 3.69. The Bertz CT molecular complexity index is 1470. The molecule has 174 valence electrons. The van der Waals surface area contributed by atoms with Crippen LogP contribution in [0.3, 0.4) is 0 Å². The molecule has 0 aliphatic heterocycles. The van der Waals surface area contributed by atoms with Crippen molar-refractivity contribution in [2.45, 2.75) is 13.5 Å². The topological polar surface area (TPSA) is 85.4 Å². The summed E-state index contributed by atoms with van der Waals surface area (Å²) in [6.07, 6.45) is 1.69. The van der Waals surface area contributed by atoms with Gasteiger partial charge in [0.05, 0.1) is 26.7 Å². The van der Waals surface area contributed by atoms with Crippen LogP contribution in [-0.2, 0) is 6.61 Å². The second-order valence-electron chi connectivity index (χ2n) is 7.71. The Morgan fingerprint density at radius 1 is 1.03 bits per heavy atom. The molecule has 0 N–H and O–H groups in total. The number of nitriles is 1. The third-order valence-corrected chi connectivity index (χ3v) is 6.13. The lowest BCUT2D eigenvalue weighted by molar-refractivity contribution is -0.384. The Hall–Kier alpha value is -3.90. The number of allylic oxidation sites excluding steroid dienone is 1. The average Bonchev–Trinajstić information content (AvgIpc) is 2.87. The maximum absolute atomic E-state index is 11.1. The van der Waals surface area contributed by atoms with Crippen LogP contribution in [-0.4, -0.2) is 11.5 Å². The molecule has 0 aliphatic rings. The molecule has 0 saturated carbocycles. The molecule has 0 heterocycles. The smallest absolute Gasteiger partial charge is 0.270 e. The second kappa shape index (κ2) is 11.0. The molecule has 0 radical (unpaired) electrons. The lowest BCUT2D eigenvalue weighted by Crippen LogP contribution is -2.02. The van der Waals surface area contributed by atoms with Crippen LogP contribution in [0.1, 0.15) is 23.6 Å². The van der Waals surface area contributed by atoms with Gasteiger partial charge in [-0.15, -0.1) is 0 Å². The quantitative estimate of drug-likeness (QED) is 0.0718. The van der Waals surface area contributed by atoms with Crippen molar-refractivity contribution in [3.63, 3.8) is 0 Å². The van der Waals surface area contributed by atoms with Gasteiger partial charge in [0, 0.05) is 12.1 Å². The maximum atomic E-state index is 11.1. The Morgan fingerprint density at radius 2 is 1.83 bits per heavy atom. The van der Waals surface area contributed by atoms with E-state index in [4.69, 9.17) is 9.47 Å². The highest BCUT2D eigenvalue weighted by Crippen LogP contribution is 2.36. The van der Waals surface area contributed by atoms with E-state index in [2.05, 4.69) is 52.9 Å². The number of rotatable bonds is 8. The van der Waals surface area contributed by atoms with Crippen molar-refractivity contribution in [2.75, 3.05) is 6.61 Å². The standard InChI is InChI=1S/C28H21IN2O4/c1-2-34-27-15-20(13-24(17-30)23-8-5-9-25(16-23)31(32)33)14-26(29)28(27)35-18-19-10-11-21-6-3-4-7-22(21)12-19/h3-16H,2,18H2,1H3/b24-13-. The van der Waals surface area contributed by atoms with Crippen LogP contribution >= 0.6 is 22.6 Å². The van der Waals surface area contributed by atoms with Crippen molar-refractivity contribution >= 4 is 50.7 Å². The fraction of sp³-hybridized carbons (Fsp3) is 0.107. The number of non-ortho nitro benzene ring substituents is 1. The van der Waals surface area contributed by atoms with E-state index in [9.17, 15) is 15.4 Å². The summed E-state index contributed by atoms with van der Waals surface area (Å²) in [4.78, 5) is 10.6. The van der Waals surface area contributed by atoms with Crippen LogP contribution in [0.4, 0.5) is 5.69 Å². The lowest BCUT2D eigenvalue weighted by Gasteiger charge is -2.15. The molecule has 0 aliphatic carbocycles. The van der Waals surface area contributed by atoms with Gasteiger partial charge in [0.1, 0.15) is 6.61 Å². The highest BCUT2D eigenvalue weighted by molar-refractivity contribution is 14.1. The number of fused-ring (bicyclic) bond motifs is 1. The van der Waals surface area contributed by atoms with Crippen LogP contribution in [0, 0.1) is 25.0 Å². The van der Waals surface area contributed by atoms with Gasteiger partial charge in [-0.1, -0.05) is 48.5 Å². The number of halogens is 1. The third kappa shape index (κ3) is 5.78. The predicted octanol–water partition coefficient (Wildman–Crippen LogP) is 7.39. The monoisotopic (exact) mass is 576 g/mol. The number of nitrogens with zero attached hydrogens (tertiary/aromatic N) is 2. The molecule has 0 aromatic heterocycles. The maximum Gasteiger partial charge on any atom is 0.270 e. The highest BCUT2D eigenvalue weighted by atomic mass is 127. The number of nitro groups is 1. The molecule has 4 aromatic rings. The minimum Gasteiger partial charge on any atom is -0.490 e. The van der Waals surface area contributed by atoms with Gasteiger partial charge in [0.15, 0.2) is 11.5 Å². The van der Waals surface area contributed by atoms with Crippen molar-refractivity contribution in [1.29, 1.82) is 5.26 Å². The molecule has 0 saturated heterocycles. The van der Waals surface area contributed by atoms with Gasteiger partial charge >= 0.3 is 0 Å². The summed E-state index contributed by atoms with van der Waals surface area (Å²) in [5.74, 6) is 1.20. The van der Waals surface area contributed by atoms with Crippen LogP contribution in [0.15, 0.2) is 78.9 Å². The molecule has 0 atom stereocenters. The van der Waals surface area contributed by atoms with Gasteiger partial charge in [-0.3, -0.25) is 10.1 Å². The first-order valence-corrected chi connectivity index (χ1v) is 12.0. The first-order valence-electron chi connectivity index (χ1n) is 10.9. The molecule has 4 aromatic carbocycles. The summed E-state index contributed by atoms with van der Waals surface area (Å²) < 4.78 is 12.9. The van der Waals surface area contributed by atoms with Gasteiger partial charge in [-0.2, -0.15) is 5.26 Å². The lowest BCUT2D eigenvalue weighted by atomic mass is 10.0. The molecular formula is C28H21IN2O4. The number of hydrogen-bond acceptors (Lipinski definition) is 5. The van der Waals surface area contributed by atoms with Crippen molar-refractivity contribution < 1.29 is 14.4 Å². The van der Waals surface area contributed by atoms with Crippen LogP contribution in [0.25, 0.3) is 22.4 Å². The number of nitro benzene ring substituents is 1. The van der Waals surface area contributed by atoms with Gasteiger partial charge in [0.25, 0.3) is 5.69 Å². The number of hydrogen-bond donors (Lipinski definition) is 0. The molecule has 0 fully saturated rings. The molecule has 7 heteroatoms. The summed E-state index contributed by atoms with van der Waals surface area (Å²) in [6, 6.07) is 26.3. The third-order valence-electron chi connectivity index (χ3n) is 5.33. The summed E-state index contributed by atoms with van der Waals surface area (Å²) in [7, 11) is 0. The van der Waals surface area contributed by atoms with Crippen molar-refractivity contribution in [3.05, 3.63) is 109 Å². The number of benzene rings is 4. The van der Waals surface area contributed by atoms with Crippen LogP contribution in [0.2, 0.25) is 0 Å². The Labute approximate surface area is 216 Å². The van der Waals surface area contributed by atoms with E-state index in [1.54, 1.807) is 18.2 Å². The van der Waals surface area contributed by atoms with E-state index in [0.717, 1.165) is 20.1 Å². The first-order chi connectivity index (χ1) is 17.0. The zero-order chi connectivity index (χ0) is 24.8. The number of ether oxygens (including phenoxy) is 2. The van der Waals surface area contributed by atoms with Gasteiger partial charge in [-0.05, 0) is 81.3 Å². The zero-order valence-corrected chi connectivity index (χ0v) is 21.1. The predicted molar refractivity (Wildman–Crippen MR) is 145 cm³/mol. The molecule has 0 bridgehead atoms. The summed E-state index contributed by atoms with van der Waals surface area (Å²) in [5.41, 5.74) is 2.51. The van der Waals surface area contributed by atoms with E-state index < -0.39 is 4.92 Å². The highest BCUT2D eigenvalue weighted by Gasteiger charge is 2.14. The van der Waals surface area contributed by atoms with Crippen molar-refractivity contribution in [2.24, 2.45) is 0 Å². The molecule has 0 spiro atoms. The van der Waals surface area contributed by atoms with E-state index >= 15 is 0 Å².